The van der Waals surface area contributed by atoms with Gasteiger partial charge in [-0.2, -0.15) is 0 Å². The van der Waals surface area contributed by atoms with Gasteiger partial charge >= 0.3 is 0 Å². The van der Waals surface area contributed by atoms with E-state index in [4.69, 9.17) is 10.6 Å². The molecule has 2 aromatic rings. The number of nitrogens with two attached hydrogens (primary N) is 1. The van der Waals surface area contributed by atoms with E-state index in [0.29, 0.717) is 17.0 Å². The van der Waals surface area contributed by atoms with Crippen molar-refractivity contribution < 1.29 is 4.84 Å². The first-order valence-electron chi connectivity index (χ1n) is 4.63. The highest BCUT2D eigenvalue weighted by Gasteiger charge is 2.05. The number of nitrogens with one attached hydrogen (secondary N) is 1. The van der Waals surface area contributed by atoms with E-state index in [1.54, 1.807) is 24.2 Å². The third-order valence-corrected chi connectivity index (χ3v) is 1.98. The number of rotatable bonds is 3. The van der Waals surface area contributed by atoms with Crippen LogP contribution in [0.3, 0.4) is 0 Å². The lowest BCUT2D eigenvalue weighted by Gasteiger charge is -2.02. The predicted molar refractivity (Wildman–Crippen MR) is 59.8 cm³/mol. The Labute approximate surface area is 91.9 Å². The second-order valence-electron chi connectivity index (χ2n) is 3.20. The van der Waals surface area contributed by atoms with Crippen molar-refractivity contribution in [3.63, 3.8) is 0 Å². The first-order valence-corrected chi connectivity index (χ1v) is 4.63. The summed E-state index contributed by atoms with van der Waals surface area (Å²) in [5.74, 6) is 0.370. The molecule has 84 valence electrons. The molecule has 0 aliphatic heterocycles. The molecule has 0 saturated carbocycles. The monoisotopic (exact) mass is 220 g/mol. The van der Waals surface area contributed by atoms with Gasteiger partial charge in [-0.15, -0.1) is 0 Å². The summed E-state index contributed by atoms with van der Waals surface area (Å²) in [6.07, 6.45) is 4.82. The second kappa shape index (κ2) is 4.15. The minimum atomic E-state index is 0.370. The quantitative estimate of drug-likeness (QED) is 0.726. The van der Waals surface area contributed by atoms with Crippen molar-refractivity contribution in [2.45, 2.75) is 6.92 Å². The van der Waals surface area contributed by atoms with E-state index in [9.17, 15) is 0 Å². The molecule has 0 amide bonds. The molecule has 0 unspecified atom stereocenters. The lowest BCUT2D eigenvalue weighted by Crippen LogP contribution is -2.08. The molecule has 0 bridgehead atoms. The fourth-order valence-corrected chi connectivity index (χ4v) is 1.36. The maximum absolute atomic E-state index is 5.67. The molecule has 0 saturated heterocycles. The SMILES string of the molecule is CONC(C)=Cn1cnc2c(N)ncnc21. The average Bonchev–Trinajstić information content (AvgIpc) is 2.64. The van der Waals surface area contributed by atoms with Gasteiger partial charge in [-0.25, -0.2) is 15.0 Å². The third-order valence-electron chi connectivity index (χ3n) is 1.98. The molecule has 2 aromatic heterocycles. The van der Waals surface area contributed by atoms with Crippen LogP contribution in [-0.2, 0) is 4.84 Å². The topological polar surface area (TPSA) is 90.9 Å². The normalized spacial score (nSPS) is 12.0. The maximum atomic E-state index is 5.67. The Bertz CT molecular complexity index is 532. The Kier molecular flexibility index (Phi) is 2.69. The van der Waals surface area contributed by atoms with Crippen LogP contribution in [0.4, 0.5) is 5.82 Å². The summed E-state index contributed by atoms with van der Waals surface area (Å²) in [6.45, 7) is 1.86. The van der Waals surface area contributed by atoms with Crippen molar-refractivity contribution in [3.05, 3.63) is 18.4 Å². The summed E-state index contributed by atoms with van der Waals surface area (Å²) in [5, 5.41) is 0. The van der Waals surface area contributed by atoms with Crippen molar-refractivity contribution >= 4 is 23.2 Å². The Morgan fingerprint density at radius 2 is 2.31 bits per heavy atom. The Balaban J connectivity index is 2.47. The third kappa shape index (κ3) is 1.80. The van der Waals surface area contributed by atoms with Gasteiger partial charge in [0, 0.05) is 6.20 Å². The molecule has 0 radical (unpaired) electrons. The molecule has 0 fully saturated rings. The van der Waals surface area contributed by atoms with Crippen LogP contribution in [0.1, 0.15) is 6.92 Å². The number of nitrogens with zero attached hydrogens (tertiary/aromatic N) is 4. The Morgan fingerprint density at radius 3 is 3.06 bits per heavy atom. The fourth-order valence-electron chi connectivity index (χ4n) is 1.36. The molecule has 16 heavy (non-hydrogen) atoms. The first-order chi connectivity index (χ1) is 7.72. The van der Waals surface area contributed by atoms with E-state index >= 15 is 0 Å². The summed E-state index contributed by atoms with van der Waals surface area (Å²) in [4.78, 5) is 16.9. The molecule has 0 atom stereocenters. The Morgan fingerprint density at radius 1 is 1.50 bits per heavy atom. The summed E-state index contributed by atoms with van der Waals surface area (Å²) >= 11 is 0. The van der Waals surface area contributed by atoms with Crippen molar-refractivity contribution in [1.82, 2.24) is 25.0 Å². The van der Waals surface area contributed by atoms with Crippen LogP contribution in [-0.4, -0.2) is 26.6 Å². The molecule has 3 N–H and O–H groups in total. The van der Waals surface area contributed by atoms with Crippen molar-refractivity contribution in [2.24, 2.45) is 0 Å². The Hall–Kier alpha value is -2.15. The number of allylic oxidation sites excluding steroid dienone is 1. The van der Waals surface area contributed by atoms with Crippen LogP contribution < -0.4 is 11.2 Å². The number of hydrogen-bond donors (Lipinski definition) is 2. The maximum Gasteiger partial charge on any atom is 0.169 e. The van der Waals surface area contributed by atoms with Gasteiger partial charge in [-0.1, -0.05) is 0 Å². The van der Waals surface area contributed by atoms with E-state index < -0.39 is 0 Å². The highest BCUT2D eigenvalue weighted by atomic mass is 16.6. The number of fused-ring (bicyclic) bond motifs is 1. The molecular formula is C9H12N6O. The van der Waals surface area contributed by atoms with E-state index in [-0.39, 0.29) is 0 Å². The van der Waals surface area contributed by atoms with Crippen molar-refractivity contribution in [2.75, 3.05) is 12.8 Å². The van der Waals surface area contributed by atoms with Gasteiger partial charge in [0.1, 0.15) is 12.7 Å². The number of hydroxylamine groups is 1. The molecule has 7 nitrogen and oxygen atoms in total. The van der Waals surface area contributed by atoms with Crippen LogP contribution in [0, 0.1) is 0 Å². The van der Waals surface area contributed by atoms with Crippen LogP contribution in [0.2, 0.25) is 0 Å². The van der Waals surface area contributed by atoms with Gasteiger partial charge in [0.2, 0.25) is 0 Å². The molecule has 2 heterocycles. The van der Waals surface area contributed by atoms with E-state index in [0.717, 1.165) is 5.70 Å². The molecule has 0 spiro atoms. The second-order valence-corrected chi connectivity index (χ2v) is 3.20. The number of aromatic nitrogens is 4. The van der Waals surface area contributed by atoms with Gasteiger partial charge in [0.05, 0.1) is 12.8 Å². The highest BCUT2D eigenvalue weighted by Crippen LogP contribution is 2.14. The summed E-state index contributed by atoms with van der Waals surface area (Å²) in [5.41, 5.74) is 10.4. The number of hydrogen-bond acceptors (Lipinski definition) is 6. The predicted octanol–water partition coefficient (Wildman–Crippen LogP) is 0.378. The molecular weight excluding hydrogens is 208 g/mol. The zero-order valence-electron chi connectivity index (χ0n) is 9.01. The zero-order valence-corrected chi connectivity index (χ0v) is 9.01. The van der Waals surface area contributed by atoms with Gasteiger partial charge < -0.3 is 5.73 Å². The molecule has 0 aliphatic carbocycles. The molecule has 0 aromatic carbocycles. The molecule has 0 aliphatic rings. The summed E-state index contributed by atoms with van der Waals surface area (Å²) in [6, 6.07) is 0. The number of nitrogen functional groups attached to an aromatic ring is 1. The zero-order chi connectivity index (χ0) is 11.5. The summed E-state index contributed by atoms with van der Waals surface area (Å²) < 4.78 is 1.74. The van der Waals surface area contributed by atoms with Gasteiger partial charge in [0.25, 0.3) is 0 Å². The molecule has 2 rings (SSSR count). The van der Waals surface area contributed by atoms with Crippen LogP contribution in [0.5, 0.6) is 0 Å². The van der Waals surface area contributed by atoms with Crippen molar-refractivity contribution in [1.29, 1.82) is 0 Å². The largest absolute Gasteiger partial charge is 0.382 e. The van der Waals surface area contributed by atoms with Crippen LogP contribution in [0.15, 0.2) is 18.4 Å². The van der Waals surface area contributed by atoms with E-state index in [1.807, 2.05) is 6.92 Å². The van der Waals surface area contributed by atoms with E-state index in [1.165, 1.54) is 6.33 Å². The van der Waals surface area contributed by atoms with Crippen LogP contribution in [0.25, 0.3) is 17.4 Å². The van der Waals surface area contributed by atoms with Gasteiger partial charge in [-0.05, 0) is 6.92 Å². The smallest absolute Gasteiger partial charge is 0.169 e. The first kappa shape index (κ1) is 10.4. The number of imidazole rings is 1. The minimum absolute atomic E-state index is 0.370. The van der Waals surface area contributed by atoms with Crippen molar-refractivity contribution in [3.8, 4) is 0 Å². The standard InChI is InChI=1S/C9H12N6O/c1-6(14-16-2)3-15-5-13-7-8(10)11-4-12-9(7)15/h3-5,14H,1-2H3,(H2,10,11,12). The van der Waals surface area contributed by atoms with E-state index in [2.05, 4.69) is 20.4 Å². The molecule has 7 heteroatoms. The van der Waals surface area contributed by atoms with Gasteiger partial charge in [0.15, 0.2) is 17.0 Å². The lowest BCUT2D eigenvalue weighted by atomic mass is 10.5. The average molecular weight is 220 g/mol. The number of anilines is 1. The lowest BCUT2D eigenvalue weighted by molar-refractivity contribution is 0.119. The minimum Gasteiger partial charge on any atom is -0.382 e. The van der Waals surface area contributed by atoms with Crippen LogP contribution >= 0.6 is 0 Å². The highest BCUT2D eigenvalue weighted by molar-refractivity contribution is 5.82. The summed E-state index contributed by atoms with van der Waals surface area (Å²) in [7, 11) is 1.55. The van der Waals surface area contributed by atoms with Gasteiger partial charge in [-0.3, -0.25) is 14.9 Å². The fraction of sp³-hybridized carbons (Fsp3) is 0.222.